The molecule has 21 heavy (non-hydrogen) atoms. The number of aromatic amines is 1. The molecule has 0 amide bonds. The van der Waals surface area contributed by atoms with Gasteiger partial charge in [0.1, 0.15) is 6.04 Å². The molecule has 0 spiro atoms. The predicted molar refractivity (Wildman–Crippen MR) is 71.9 cm³/mol. The number of imidazole rings is 1. The van der Waals surface area contributed by atoms with Gasteiger partial charge in [0.2, 0.25) is 10.0 Å². The van der Waals surface area contributed by atoms with E-state index >= 15 is 0 Å². The summed E-state index contributed by atoms with van der Waals surface area (Å²) in [5.41, 5.74) is 0.500. The zero-order chi connectivity index (χ0) is 15.9. The van der Waals surface area contributed by atoms with Crippen molar-refractivity contribution in [1.82, 2.24) is 14.7 Å². The summed E-state index contributed by atoms with van der Waals surface area (Å²) >= 11 is 0. The van der Waals surface area contributed by atoms with Crippen molar-refractivity contribution in [3.05, 3.63) is 18.2 Å². The second-order valence-electron chi connectivity index (χ2n) is 4.29. The van der Waals surface area contributed by atoms with Crippen molar-refractivity contribution in [1.29, 1.82) is 0 Å². The van der Waals surface area contributed by atoms with Gasteiger partial charge < -0.3 is 14.8 Å². The first-order valence-electron chi connectivity index (χ1n) is 6.11. The van der Waals surface area contributed by atoms with E-state index in [1.54, 1.807) is 0 Å². The van der Waals surface area contributed by atoms with Gasteiger partial charge in [-0.15, -0.1) is 0 Å². The van der Waals surface area contributed by atoms with E-state index in [9.17, 15) is 18.0 Å². The highest BCUT2D eigenvalue weighted by Gasteiger charge is 2.24. The number of carbonyl (C=O) groups is 2. The second-order valence-corrected chi connectivity index (χ2v) is 6.16. The topological polar surface area (TPSA) is 138 Å². The zero-order valence-corrected chi connectivity index (χ0v) is 12.2. The molecule has 0 saturated heterocycles. The van der Waals surface area contributed by atoms with Crippen LogP contribution < -0.4 is 4.72 Å². The minimum Gasteiger partial charge on any atom is -0.480 e. The van der Waals surface area contributed by atoms with Crippen molar-refractivity contribution in [2.24, 2.45) is 0 Å². The summed E-state index contributed by atoms with van der Waals surface area (Å²) in [6.45, 7) is 0. The fraction of sp³-hybridized carbons (Fsp3) is 0.545. The highest BCUT2D eigenvalue weighted by molar-refractivity contribution is 7.89. The number of hydrogen-bond acceptors (Lipinski definition) is 6. The molecule has 0 aromatic carbocycles. The molecule has 0 fully saturated rings. The summed E-state index contributed by atoms with van der Waals surface area (Å²) in [4.78, 5) is 28.4. The van der Waals surface area contributed by atoms with E-state index in [0.717, 1.165) is 0 Å². The highest BCUT2D eigenvalue weighted by Crippen LogP contribution is 2.03. The van der Waals surface area contributed by atoms with Gasteiger partial charge in [0.15, 0.2) is 0 Å². The van der Waals surface area contributed by atoms with E-state index in [4.69, 9.17) is 5.11 Å². The van der Waals surface area contributed by atoms with Crippen molar-refractivity contribution >= 4 is 22.0 Å². The molecule has 1 heterocycles. The van der Waals surface area contributed by atoms with E-state index in [1.165, 1.54) is 19.6 Å². The Kier molecular flexibility index (Phi) is 6.31. The Hall–Kier alpha value is -1.94. The van der Waals surface area contributed by atoms with Crippen molar-refractivity contribution < 1.29 is 27.9 Å². The second kappa shape index (κ2) is 7.74. The Labute approximate surface area is 121 Å². The standard InChI is InChI=1S/C11H17N3O6S/c1-20-10(15)3-2-4-21(18,19)14-9(11(16)17)5-8-6-12-7-13-8/h6-7,9,14H,2-5H2,1H3,(H,12,13)(H,16,17)/t9-/m0/s1. The van der Waals surface area contributed by atoms with E-state index in [1.807, 2.05) is 0 Å². The molecule has 0 bridgehead atoms. The van der Waals surface area contributed by atoms with Gasteiger partial charge in [0, 0.05) is 24.7 Å². The maximum atomic E-state index is 11.8. The fourth-order valence-electron chi connectivity index (χ4n) is 1.58. The van der Waals surface area contributed by atoms with Gasteiger partial charge in [-0.2, -0.15) is 0 Å². The number of aliphatic carboxylic acids is 1. The summed E-state index contributed by atoms with van der Waals surface area (Å²) < 4.78 is 30.1. The third-order valence-electron chi connectivity index (χ3n) is 2.62. The van der Waals surface area contributed by atoms with Gasteiger partial charge >= 0.3 is 11.9 Å². The summed E-state index contributed by atoms with van der Waals surface area (Å²) in [5.74, 6) is -2.16. The molecule has 0 radical (unpaired) electrons. The fourth-order valence-corrected chi connectivity index (χ4v) is 2.84. The van der Waals surface area contributed by atoms with Crippen molar-refractivity contribution in [2.75, 3.05) is 12.9 Å². The monoisotopic (exact) mass is 319 g/mol. The van der Waals surface area contributed by atoms with Crippen molar-refractivity contribution in [3.8, 4) is 0 Å². The van der Waals surface area contributed by atoms with Gasteiger partial charge in [0.05, 0.1) is 19.2 Å². The molecule has 1 rings (SSSR count). The molecule has 0 aliphatic heterocycles. The average Bonchev–Trinajstić information content (AvgIpc) is 2.90. The first kappa shape index (κ1) is 17.1. The van der Waals surface area contributed by atoms with Crippen LogP contribution in [0.3, 0.4) is 0 Å². The molecule has 1 aromatic rings. The van der Waals surface area contributed by atoms with Crippen LogP contribution in [0, 0.1) is 0 Å². The number of sulfonamides is 1. The quantitative estimate of drug-likeness (QED) is 0.510. The number of carboxylic acids is 1. The number of rotatable bonds is 9. The van der Waals surface area contributed by atoms with Gasteiger partial charge in [-0.3, -0.25) is 9.59 Å². The molecule has 0 aliphatic carbocycles. The Balaban J connectivity index is 2.56. The number of aromatic nitrogens is 2. The van der Waals surface area contributed by atoms with E-state index in [-0.39, 0.29) is 25.0 Å². The lowest BCUT2D eigenvalue weighted by Gasteiger charge is -2.13. The molecular formula is C11H17N3O6S. The molecule has 9 nitrogen and oxygen atoms in total. The molecule has 1 aromatic heterocycles. The largest absolute Gasteiger partial charge is 0.480 e. The number of nitrogens with zero attached hydrogens (tertiary/aromatic N) is 1. The lowest BCUT2D eigenvalue weighted by Crippen LogP contribution is -2.43. The number of carboxylic acid groups (broad SMARTS) is 1. The van der Waals surface area contributed by atoms with Crippen LogP contribution >= 0.6 is 0 Å². The Bertz CT molecular complexity index is 569. The van der Waals surface area contributed by atoms with Crippen LogP contribution in [0.15, 0.2) is 12.5 Å². The van der Waals surface area contributed by atoms with Gasteiger partial charge in [-0.1, -0.05) is 0 Å². The minimum atomic E-state index is -3.81. The summed E-state index contributed by atoms with van der Waals surface area (Å²) in [7, 11) is -2.60. The van der Waals surface area contributed by atoms with Crippen LogP contribution in [0.4, 0.5) is 0 Å². The zero-order valence-electron chi connectivity index (χ0n) is 11.4. The van der Waals surface area contributed by atoms with Crippen molar-refractivity contribution in [3.63, 3.8) is 0 Å². The smallest absolute Gasteiger partial charge is 0.322 e. The number of nitrogens with one attached hydrogen (secondary N) is 2. The molecule has 3 N–H and O–H groups in total. The maximum absolute atomic E-state index is 11.8. The SMILES string of the molecule is COC(=O)CCCS(=O)(=O)N[C@@H](Cc1cnc[nH]1)C(=O)O. The summed E-state index contributed by atoms with van der Waals surface area (Å²) in [6.07, 6.45) is 2.75. The number of H-pyrrole nitrogens is 1. The number of ether oxygens (including phenoxy) is 1. The third-order valence-corrected chi connectivity index (χ3v) is 4.09. The lowest BCUT2D eigenvalue weighted by molar-refractivity contribution is -0.141. The summed E-state index contributed by atoms with van der Waals surface area (Å²) in [6, 6.07) is -1.30. The third kappa shape index (κ3) is 6.36. The first-order chi connectivity index (χ1) is 9.84. The van der Waals surface area contributed by atoms with Crippen LogP contribution in [0.5, 0.6) is 0 Å². The summed E-state index contributed by atoms with van der Waals surface area (Å²) in [5, 5.41) is 9.05. The Morgan fingerprint density at radius 3 is 2.76 bits per heavy atom. The highest BCUT2D eigenvalue weighted by atomic mass is 32.2. The molecule has 0 saturated carbocycles. The van der Waals surface area contributed by atoms with E-state index in [0.29, 0.717) is 5.69 Å². The van der Waals surface area contributed by atoms with Gasteiger partial charge in [-0.25, -0.2) is 18.1 Å². The molecule has 118 valence electrons. The van der Waals surface area contributed by atoms with Crippen LogP contribution in [0.2, 0.25) is 0 Å². The number of methoxy groups -OCH3 is 1. The van der Waals surface area contributed by atoms with Crippen LogP contribution in [0.25, 0.3) is 0 Å². The normalized spacial score (nSPS) is 12.8. The average molecular weight is 319 g/mol. The Morgan fingerprint density at radius 2 is 2.24 bits per heavy atom. The molecule has 1 atom stereocenters. The lowest BCUT2D eigenvalue weighted by atomic mass is 10.2. The molecule has 10 heteroatoms. The molecular weight excluding hydrogens is 302 g/mol. The number of hydrogen-bond donors (Lipinski definition) is 3. The van der Waals surface area contributed by atoms with E-state index < -0.39 is 28.0 Å². The first-order valence-corrected chi connectivity index (χ1v) is 7.76. The molecule has 0 unspecified atom stereocenters. The van der Waals surface area contributed by atoms with E-state index in [2.05, 4.69) is 19.4 Å². The van der Waals surface area contributed by atoms with Crippen LogP contribution in [-0.4, -0.2) is 54.3 Å². The predicted octanol–water partition coefficient (Wildman–Crippen LogP) is -0.722. The number of carbonyl (C=O) groups excluding carboxylic acids is 1. The van der Waals surface area contributed by atoms with Gasteiger partial charge in [-0.05, 0) is 6.42 Å². The number of esters is 1. The van der Waals surface area contributed by atoms with Gasteiger partial charge in [0.25, 0.3) is 0 Å². The van der Waals surface area contributed by atoms with Crippen molar-refractivity contribution in [2.45, 2.75) is 25.3 Å². The maximum Gasteiger partial charge on any atom is 0.322 e. The Morgan fingerprint density at radius 1 is 1.52 bits per heavy atom. The minimum absolute atomic E-state index is 0.0459. The van der Waals surface area contributed by atoms with Crippen LogP contribution in [-0.2, 0) is 30.8 Å². The molecule has 0 aliphatic rings. The van der Waals surface area contributed by atoms with Crippen LogP contribution in [0.1, 0.15) is 18.5 Å².